The molecule has 1 aromatic carbocycles. The van der Waals surface area contributed by atoms with Gasteiger partial charge >= 0.3 is 12.2 Å². The van der Waals surface area contributed by atoms with Crippen LogP contribution < -0.4 is 10.6 Å². The highest BCUT2D eigenvalue weighted by Crippen LogP contribution is 2.42. The molecule has 1 saturated carbocycles. The molecule has 0 bridgehead atoms. The Balaban J connectivity index is 1.22. The maximum atomic E-state index is 14.2. The van der Waals surface area contributed by atoms with Crippen LogP contribution in [0.3, 0.4) is 0 Å². The summed E-state index contributed by atoms with van der Waals surface area (Å²) in [5.41, 5.74) is 1.39. The lowest BCUT2D eigenvalue weighted by molar-refractivity contribution is -0.142. The van der Waals surface area contributed by atoms with Crippen molar-refractivity contribution in [3.8, 4) is 0 Å². The molecule has 4 heterocycles. The van der Waals surface area contributed by atoms with E-state index in [4.69, 9.17) is 9.84 Å². The number of likely N-dealkylation sites (tertiary alicyclic amines) is 2. The van der Waals surface area contributed by atoms with Gasteiger partial charge in [0.15, 0.2) is 5.60 Å². The number of hydrogen-bond acceptors (Lipinski definition) is 6. The number of aromatic nitrogens is 1. The van der Waals surface area contributed by atoms with E-state index in [0.717, 1.165) is 43.4 Å². The number of rotatable bonds is 9. The minimum atomic E-state index is -1.24. The molecular weight excluding hydrogens is 593 g/mol. The molecule has 3 aliphatic heterocycles. The van der Waals surface area contributed by atoms with Crippen molar-refractivity contribution in [3.05, 3.63) is 30.0 Å². The zero-order chi connectivity index (χ0) is 32.6. The van der Waals surface area contributed by atoms with E-state index in [1.54, 1.807) is 9.47 Å². The summed E-state index contributed by atoms with van der Waals surface area (Å²) in [4.78, 5) is 56.4. The van der Waals surface area contributed by atoms with Crippen molar-refractivity contribution in [1.29, 1.82) is 0 Å². The van der Waals surface area contributed by atoms with Crippen molar-refractivity contribution in [2.75, 3.05) is 31.6 Å². The zero-order valence-electron chi connectivity index (χ0n) is 26.8. The van der Waals surface area contributed by atoms with E-state index < -0.39 is 36.5 Å². The molecule has 0 unspecified atom stereocenters. The minimum Gasteiger partial charge on any atom is -0.465 e. The van der Waals surface area contributed by atoms with Crippen LogP contribution in [-0.2, 0) is 19.9 Å². The largest absolute Gasteiger partial charge is 0.465 e. The molecule has 250 valence electrons. The molecule has 1 aliphatic carbocycles. The van der Waals surface area contributed by atoms with Crippen LogP contribution in [0, 0.1) is 11.8 Å². The van der Waals surface area contributed by atoms with Crippen molar-refractivity contribution in [2.45, 2.75) is 102 Å². The molecule has 0 spiro atoms. The lowest BCUT2D eigenvalue weighted by atomic mass is 9.78. The van der Waals surface area contributed by atoms with E-state index in [0.29, 0.717) is 62.7 Å². The predicted molar refractivity (Wildman–Crippen MR) is 170 cm³/mol. The molecule has 0 radical (unpaired) electrons. The third kappa shape index (κ3) is 5.84. The Morgan fingerprint density at radius 1 is 1.02 bits per heavy atom. The van der Waals surface area contributed by atoms with Crippen LogP contribution in [0.2, 0.25) is 0 Å². The maximum Gasteiger partial charge on any atom is 0.419 e. The third-order valence-electron chi connectivity index (χ3n) is 11.1. The SMILES string of the molecule is CCC1(CC)OC(=O)n2c1cc1ccc(NC(=O)[C@@H]3[C@H](N4CCCCC4)CCN3C(=O)C3CCC([C@@H](CF)NC(=O)O)CC3)cc12. The number of piperidine rings is 1. The third-order valence-corrected chi connectivity index (χ3v) is 11.1. The molecule has 3 atom stereocenters. The summed E-state index contributed by atoms with van der Waals surface area (Å²) in [7, 11) is 0. The predicted octanol–water partition coefficient (Wildman–Crippen LogP) is 5.46. The smallest absolute Gasteiger partial charge is 0.419 e. The number of amides is 3. The Hall–Kier alpha value is -3.67. The Bertz CT molecular complexity index is 1480. The normalized spacial score (nSPS) is 26.8. The van der Waals surface area contributed by atoms with Crippen LogP contribution >= 0.6 is 0 Å². The van der Waals surface area contributed by atoms with Crippen LogP contribution in [0.25, 0.3) is 10.9 Å². The molecule has 3 fully saturated rings. The number of benzene rings is 1. The zero-order valence-corrected chi connectivity index (χ0v) is 26.8. The Morgan fingerprint density at radius 3 is 2.39 bits per heavy atom. The molecule has 2 saturated heterocycles. The number of carbonyl (C=O) groups excluding carboxylic acids is 3. The standard InChI is InChI=1S/C34H46FN5O6/c1-3-34(4-2)28-18-23-12-13-24(19-27(23)40(28)33(45)46-34)36-30(41)29-26(38-15-6-5-7-16-38)14-17-39(29)31(42)22-10-8-21(9-11-22)25(20-35)37-32(43)44/h12-13,18-19,21-22,25-26,29,37H,3-11,14-17,20H2,1-2H3,(H,36,41)(H,43,44)/t21?,22?,25-,26-,29+/m1/s1. The van der Waals surface area contributed by atoms with Crippen LogP contribution in [-0.4, -0.2) is 87.9 Å². The van der Waals surface area contributed by atoms with Gasteiger partial charge in [-0.3, -0.25) is 14.5 Å². The number of halogens is 1. The van der Waals surface area contributed by atoms with Gasteiger partial charge in [-0.15, -0.1) is 0 Å². The second-order valence-electron chi connectivity index (χ2n) is 13.4. The van der Waals surface area contributed by atoms with Gasteiger partial charge in [-0.1, -0.05) is 26.3 Å². The van der Waals surface area contributed by atoms with Crippen LogP contribution in [0.5, 0.6) is 0 Å². The number of nitrogens with one attached hydrogen (secondary N) is 2. The summed E-state index contributed by atoms with van der Waals surface area (Å²) in [6, 6.07) is 6.01. The van der Waals surface area contributed by atoms with E-state index in [9.17, 15) is 23.6 Å². The first kappa shape index (κ1) is 32.3. The number of nitrogens with zero attached hydrogens (tertiary/aromatic N) is 3. The molecule has 3 N–H and O–H groups in total. The molecule has 46 heavy (non-hydrogen) atoms. The van der Waals surface area contributed by atoms with Crippen molar-refractivity contribution in [2.24, 2.45) is 11.8 Å². The first-order valence-corrected chi connectivity index (χ1v) is 17.0. The van der Waals surface area contributed by atoms with E-state index in [-0.39, 0.29) is 29.7 Å². The van der Waals surface area contributed by atoms with Gasteiger partial charge in [-0.05, 0) is 95.0 Å². The highest BCUT2D eigenvalue weighted by atomic mass is 19.1. The second kappa shape index (κ2) is 13.2. The Kier molecular flexibility index (Phi) is 9.27. The van der Waals surface area contributed by atoms with E-state index in [1.807, 2.05) is 38.1 Å². The number of carbonyl (C=O) groups is 4. The number of hydrogen-bond donors (Lipinski definition) is 3. The van der Waals surface area contributed by atoms with Crippen molar-refractivity contribution >= 4 is 40.6 Å². The molecule has 11 nitrogen and oxygen atoms in total. The topological polar surface area (TPSA) is 133 Å². The summed E-state index contributed by atoms with van der Waals surface area (Å²) in [5.74, 6) is -0.754. The fourth-order valence-electron chi connectivity index (χ4n) is 8.46. The van der Waals surface area contributed by atoms with Gasteiger partial charge in [0.05, 0.1) is 17.3 Å². The molecule has 1 aromatic heterocycles. The number of alkyl halides is 1. The van der Waals surface area contributed by atoms with Crippen molar-refractivity contribution in [3.63, 3.8) is 0 Å². The number of anilines is 1. The molecule has 12 heteroatoms. The Morgan fingerprint density at radius 2 is 1.74 bits per heavy atom. The first-order valence-electron chi connectivity index (χ1n) is 17.0. The number of carboxylic acid groups (broad SMARTS) is 1. The summed E-state index contributed by atoms with van der Waals surface area (Å²) in [6.45, 7) is 5.50. The van der Waals surface area contributed by atoms with Gasteiger partial charge in [0.2, 0.25) is 11.8 Å². The monoisotopic (exact) mass is 639 g/mol. The average Bonchev–Trinajstić information content (AvgIpc) is 3.76. The van der Waals surface area contributed by atoms with Gasteiger partial charge in [0.1, 0.15) is 12.7 Å². The highest BCUT2D eigenvalue weighted by Gasteiger charge is 2.47. The number of fused-ring (bicyclic) bond motifs is 3. The van der Waals surface area contributed by atoms with Crippen LogP contribution in [0.4, 0.5) is 19.7 Å². The van der Waals surface area contributed by atoms with E-state index in [2.05, 4.69) is 15.5 Å². The molecular formula is C34H46FN5O6. The lowest BCUT2D eigenvalue weighted by Gasteiger charge is -2.38. The first-order chi connectivity index (χ1) is 22.2. The van der Waals surface area contributed by atoms with E-state index in [1.165, 1.54) is 0 Å². The van der Waals surface area contributed by atoms with Gasteiger partial charge in [-0.2, -0.15) is 0 Å². The molecule has 4 aliphatic rings. The fraction of sp³-hybridized carbons (Fsp3) is 0.647. The van der Waals surface area contributed by atoms with Crippen molar-refractivity contribution in [1.82, 2.24) is 19.7 Å². The van der Waals surface area contributed by atoms with Crippen LogP contribution in [0.1, 0.15) is 83.7 Å². The number of ether oxygens (including phenoxy) is 1. The summed E-state index contributed by atoms with van der Waals surface area (Å²) in [5, 5.41) is 15.4. The number of cyclic esters (lactones) is 1. The molecule has 2 aromatic rings. The van der Waals surface area contributed by atoms with Crippen LogP contribution in [0.15, 0.2) is 24.3 Å². The van der Waals surface area contributed by atoms with Gasteiger partial charge < -0.3 is 25.4 Å². The molecule has 3 amide bonds. The quantitative estimate of drug-likeness (QED) is 0.332. The van der Waals surface area contributed by atoms with Crippen molar-refractivity contribution < 1.29 is 33.4 Å². The summed E-state index contributed by atoms with van der Waals surface area (Å²) in [6.07, 6.45) is 5.81. The molecule has 6 rings (SSSR count). The van der Waals surface area contributed by atoms with E-state index >= 15 is 0 Å². The minimum absolute atomic E-state index is 0.0563. The maximum absolute atomic E-state index is 14.2. The van der Waals surface area contributed by atoms with Gasteiger partial charge in [-0.25, -0.2) is 18.5 Å². The highest BCUT2D eigenvalue weighted by molar-refractivity contribution is 6.01. The van der Waals surface area contributed by atoms with Gasteiger partial charge in [0.25, 0.3) is 0 Å². The fourth-order valence-corrected chi connectivity index (χ4v) is 8.46. The summed E-state index contributed by atoms with van der Waals surface area (Å²) < 4.78 is 21.0. The van der Waals surface area contributed by atoms with Gasteiger partial charge in [0, 0.05) is 29.6 Å². The average molecular weight is 640 g/mol. The lowest BCUT2D eigenvalue weighted by Crippen LogP contribution is -2.55. The second-order valence-corrected chi connectivity index (χ2v) is 13.4. The summed E-state index contributed by atoms with van der Waals surface area (Å²) >= 11 is 0. The Labute approximate surface area is 268 Å².